The third kappa shape index (κ3) is 4.32. The standard InChI is InChI=1S/C10H12F4N2O3S/c11-6-1-2-7(9(14)10(6)15)20(17,18)16-3-4-19-5-8(12)13/h1-2,8,16H,3-5,15H2. The van der Waals surface area contributed by atoms with Crippen LogP contribution in [0.15, 0.2) is 17.0 Å². The number of benzene rings is 1. The fraction of sp³-hybridized carbons (Fsp3) is 0.400. The van der Waals surface area contributed by atoms with Gasteiger partial charge < -0.3 is 10.5 Å². The van der Waals surface area contributed by atoms with E-state index >= 15 is 0 Å². The van der Waals surface area contributed by atoms with Crippen LogP contribution >= 0.6 is 0 Å². The predicted octanol–water partition coefficient (Wildman–Crippen LogP) is 1.11. The highest BCUT2D eigenvalue weighted by Gasteiger charge is 2.22. The Hall–Kier alpha value is -1.39. The number of halogens is 4. The van der Waals surface area contributed by atoms with E-state index in [2.05, 4.69) is 4.74 Å². The number of sulfonamides is 1. The van der Waals surface area contributed by atoms with Gasteiger partial charge in [0.15, 0.2) is 5.82 Å². The summed E-state index contributed by atoms with van der Waals surface area (Å²) in [6.07, 6.45) is -2.67. The lowest BCUT2D eigenvalue weighted by atomic mass is 10.3. The molecular weight excluding hydrogens is 304 g/mol. The third-order valence-electron chi connectivity index (χ3n) is 2.16. The number of hydrogen-bond acceptors (Lipinski definition) is 4. The first-order valence-corrected chi connectivity index (χ1v) is 6.83. The van der Waals surface area contributed by atoms with Crippen LogP contribution < -0.4 is 10.5 Å². The first-order valence-electron chi connectivity index (χ1n) is 5.34. The monoisotopic (exact) mass is 316 g/mol. The molecule has 20 heavy (non-hydrogen) atoms. The Kier molecular flexibility index (Phi) is 5.72. The van der Waals surface area contributed by atoms with Crippen LogP contribution in [0.1, 0.15) is 0 Å². The molecule has 0 fully saturated rings. The number of nitrogens with two attached hydrogens (primary N) is 1. The topological polar surface area (TPSA) is 81.4 Å². The zero-order valence-electron chi connectivity index (χ0n) is 10.1. The van der Waals surface area contributed by atoms with Crippen molar-refractivity contribution >= 4 is 15.7 Å². The molecule has 3 N–H and O–H groups in total. The van der Waals surface area contributed by atoms with Gasteiger partial charge in [-0.15, -0.1) is 0 Å². The lowest BCUT2D eigenvalue weighted by molar-refractivity contribution is 0.0199. The molecule has 0 aromatic heterocycles. The molecule has 0 amide bonds. The van der Waals surface area contributed by atoms with E-state index in [1.807, 2.05) is 4.72 Å². The summed E-state index contributed by atoms with van der Waals surface area (Å²) in [6.45, 7) is -1.49. The SMILES string of the molecule is Nc1c(F)ccc(S(=O)(=O)NCCOCC(F)F)c1F. The Balaban J connectivity index is 2.68. The molecule has 10 heteroatoms. The summed E-state index contributed by atoms with van der Waals surface area (Å²) >= 11 is 0. The summed E-state index contributed by atoms with van der Waals surface area (Å²) in [7, 11) is -4.27. The van der Waals surface area contributed by atoms with Gasteiger partial charge in [-0.3, -0.25) is 0 Å². The largest absolute Gasteiger partial charge is 0.394 e. The van der Waals surface area contributed by atoms with Gasteiger partial charge in [0.2, 0.25) is 10.0 Å². The highest BCUT2D eigenvalue weighted by molar-refractivity contribution is 7.89. The molecule has 0 heterocycles. The number of ether oxygens (including phenoxy) is 1. The average molecular weight is 316 g/mol. The van der Waals surface area contributed by atoms with E-state index in [4.69, 9.17) is 5.73 Å². The number of rotatable bonds is 7. The minimum absolute atomic E-state index is 0.318. The Morgan fingerprint density at radius 3 is 2.55 bits per heavy atom. The molecule has 0 aliphatic heterocycles. The molecule has 0 saturated heterocycles. The Morgan fingerprint density at radius 2 is 1.95 bits per heavy atom. The minimum Gasteiger partial charge on any atom is -0.394 e. The fourth-order valence-electron chi connectivity index (χ4n) is 1.26. The first kappa shape index (κ1) is 16.7. The Labute approximate surface area is 112 Å². The fourth-order valence-corrected chi connectivity index (χ4v) is 2.36. The van der Waals surface area contributed by atoms with Crippen molar-refractivity contribution < 1.29 is 30.7 Å². The van der Waals surface area contributed by atoms with Crippen molar-refractivity contribution in [1.29, 1.82) is 0 Å². The van der Waals surface area contributed by atoms with E-state index in [1.165, 1.54) is 0 Å². The van der Waals surface area contributed by atoms with Crippen LogP contribution in [0.5, 0.6) is 0 Å². The molecule has 0 saturated carbocycles. The minimum atomic E-state index is -4.27. The summed E-state index contributed by atoms with van der Waals surface area (Å²) in [5.41, 5.74) is 4.12. The van der Waals surface area contributed by atoms with Gasteiger partial charge in [0, 0.05) is 6.54 Å². The normalized spacial score (nSPS) is 12.1. The van der Waals surface area contributed by atoms with Crippen LogP contribution in [0.3, 0.4) is 0 Å². The van der Waals surface area contributed by atoms with E-state index < -0.39 is 45.3 Å². The van der Waals surface area contributed by atoms with Gasteiger partial charge in [-0.2, -0.15) is 0 Å². The number of hydrogen-bond donors (Lipinski definition) is 2. The smallest absolute Gasteiger partial charge is 0.261 e. The van der Waals surface area contributed by atoms with Gasteiger partial charge in [-0.05, 0) is 12.1 Å². The highest BCUT2D eigenvalue weighted by atomic mass is 32.2. The lowest BCUT2D eigenvalue weighted by Crippen LogP contribution is -2.29. The van der Waals surface area contributed by atoms with Gasteiger partial charge in [-0.25, -0.2) is 30.7 Å². The van der Waals surface area contributed by atoms with Crippen LogP contribution in [0.4, 0.5) is 23.2 Å². The number of nitrogens with one attached hydrogen (secondary N) is 1. The van der Waals surface area contributed by atoms with Crippen molar-refractivity contribution in [1.82, 2.24) is 4.72 Å². The molecule has 1 aromatic rings. The maximum atomic E-state index is 13.5. The first-order chi connectivity index (χ1) is 9.25. The van der Waals surface area contributed by atoms with Crippen LogP contribution in [-0.4, -0.2) is 34.6 Å². The molecular formula is C10H12F4N2O3S. The van der Waals surface area contributed by atoms with Gasteiger partial charge in [0.1, 0.15) is 23.0 Å². The third-order valence-corrected chi connectivity index (χ3v) is 3.64. The molecule has 114 valence electrons. The van der Waals surface area contributed by atoms with Crippen molar-refractivity contribution in [2.75, 3.05) is 25.5 Å². The molecule has 0 radical (unpaired) electrons. The zero-order chi connectivity index (χ0) is 15.3. The van der Waals surface area contributed by atoms with E-state index in [-0.39, 0.29) is 13.2 Å². The summed E-state index contributed by atoms with van der Waals surface area (Å²) in [5, 5.41) is 0. The van der Waals surface area contributed by atoms with Crippen LogP contribution in [-0.2, 0) is 14.8 Å². The predicted molar refractivity (Wildman–Crippen MR) is 62.8 cm³/mol. The van der Waals surface area contributed by atoms with Crippen molar-refractivity contribution in [2.45, 2.75) is 11.3 Å². The average Bonchev–Trinajstić information content (AvgIpc) is 2.34. The molecule has 0 aliphatic carbocycles. The van der Waals surface area contributed by atoms with Gasteiger partial charge in [0.05, 0.1) is 6.61 Å². The maximum Gasteiger partial charge on any atom is 0.261 e. The summed E-state index contributed by atoms with van der Waals surface area (Å²) in [4.78, 5) is -0.828. The molecule has 1 rings (SSSR count). The van der Waals surface area contributed by atoms with Crippen molar-refractivity contribution in [3.63, 3.8) is 0 Å². The highest BCUT2D eigenvalue weighted by Crippen LogP contribution is 2.22. The lowest BCUT2D eigenvalue weighted by Gasteiger charge is -2.09. The van der Waals surface area contributed by atoms with E-state index in [1.54, 1.807) is 0 Å². The Bertz CT molecular complexity index is 566. The van der Waals surface area contributed by atoms with Gasteiger partial charge >= 0.3 is 0 Å². The quantitative estimate of drug-likeness (QED) is 0.448. The second-order valence-electron chi connectivity index (χ2n) is 3.64. The van der Waals surface area contributed by atoms with Gasteiger partial charge in [0.25, 0.3) is 6.43 Å². The molecule has 5 nitrogen and oxygen atoms in total. The summed E-state index contributed by atoms with van der Waals surface area (Å²) in [6, 6.07) is 1.42. The maximum absolute atomic E-state index is 13.5. The molecule has 0 atom stereocenters. The van der Waals surface area contributed by atoms with Crippen LogP contribution in [0.25, 0.3) is 0 Å². The van der Waals surface area contributed by atoms with Crippen molar-refractivity contribution in [3.8, 4) is 0 Å². The van der Waals surface area contributed by atoms with Crippen LogP contribution in [0.2, 0.25) is 0 Å². The molecule has 0 unspecified atom stereocenters. The van der Waals surface area contributed by atoms with Crippen molar-refractivity contribution in [3.05, 3.63) is 23.8 Å². The second kappa shape index (κ2) is 6.86. The molecule has 0 aliphatic rings. The zero-order valence-corrected chi connectivity index (χ0v) is 10.9. The summed E-state index contributed by atoms with van der Waals surface area (Å²) < 4.78 is 79.6. The number of alkyl halides is 2. The van der Waals surface area contributed by atoms with Gasteiger partial charge in [-0.1, -0.05) is 0 Å². The molecule has 1 aromatic carbocycles. The van der Waals surface area contributed by atoms with E-state index in [9.17, 15) is 26.0 Å². The van der Waals surface area contributed by atoms with E-state index in [0.717, 1.165) is 0 Å². The summed E-state index contributed by atoms with van der Waals surface area (Å²) in [5.74, 6) is -2.49. The molecule has 0 bridgehead atoms. The number of anilines is 1. The van der Waals surface area contributed by atoms with Crippen LogP contribution in [0, 0.1) is 11.6 Å². The number of nitrogen functional groups attached to an aromatic ring is 1. The van der Waals surface area contributed by atoms with E-state index in [0.29, 0.717) is 12.1 Å². The Morgan fingerprint density at radius 1 is 1.30 bits per heavy atom. The molecule has 0 spiro atoms. The van der Waals surface area contributed by atoms with Crippen molar-refractivity contribution in [2.24, 2.45) is 0 Å². The second-order valence-corrected chi connectivity index (χ2v) is 5.37.